The second-order valence-corrected chi connectivity index (χ2v) is 13.1. The summed E-state index contributed by atoms with van der Waals surface area (Å²) in [6, 6.07) is 35.3. The topological polar surface area (TPSA) is 32.7 Å². The Morgan fingerprint density at radius 2 is 1.31 bits per heavy atom. The van der Waals surface area contributed by atoms with E-state index in [-0.39, 0.29) is 5.78 Å². The van der Waals surface area contributed by atoms with E-state index < -0.39 is 8.95 Å². The molecule has 4 aromatic carbocycles. The van der Waals surface area contributed by atoms with Gasteiger partial charge < -0.3 is 0 Å². The molecule has 1 spiro atoms. The number of aryl methyl sites for hydroxylation is 3. The van der Waals surface area contributed by atoms with E-state index in [9.17, 15) is 4.79 Å². The molecule has 5 heteroatoms. The van der Waals surface area contributed by atoms with Gasteiger partial charge in [-0.3, -0.25) is 4.79 Å². The molecular formula is C34H32N2OS2. The van der Waals surface area contributed by atoms with Gasteiger partial charge in [0.15, 0.2) is 15.0 Å². The van der Waals surface area contributed by atoms with Crippen LogP contribution in [0.25, 0.3) is 0 Å². The highest BCUT2D eigenvalue weighted by Gasteiger charge is 2.61. The van der Waals surface area contributed by atoms with Crippen LogP contribution in [0.3, 0.4) is 0 Å². The minimum atomic E-state index is -0.639. The van der Waals surface area contributed by atoms with Gasteiger partial charge >= 0.3 is 0 Å². The molecule has 2 aliphatic heterocycles. The lowest BCUT2D eigenvalue weighted by Gasteiger charge is -2.37. The molecular weight excluding hydrogens is 517 g/mol. The summed E-state index contributed by atoms with van der Waals surface area (Å²) in [5.41, 5.74) is 9.70. The molecule has 0 bridgehead atoms. The van der Waals surface area contributed by atoms with Crippen molar-refractivity contribution in [3.05, 3.63) is 136 Å². The highest BCUT2D eigenvalue weighted by atomic mass is 32.2. The van der Waals surface area contributed by atoms with Gasteiger partial charge in [0.1, 0.15) is 0 Å². The number of hydrogen-bond acceptors (Lipinski definition) is 5. The second kappa shape index (κ2) is 10.0. The van der Waals surface area contributed by atoms with Crippen molar-refractivity contribution in [3.8, 4) is 0 Å². The van der Waals surface area contributed by atoms with Gasteiger partial charge in [0, 0.05) is 12.5 Å². The average Bonchev–Trinajstić information content (AvgIpc) is 3.51. The van der Waals surface area contributed by atoms with E-state index in [0.29, 0.717) is 5.04 Å². The van der Waals surface area contributed by atoms with Gasteiger partial charge in [-0.25, -0.2) is 5.01 Å². The van der Waals surface area contributed by atoms with Crippen molar-refractivity contribution in [1.82, 2.24) is 0 Å². The summed E-state index contributed by atoms with van der Waals surface area (Å²) in [5, 5.41) is 7.59. The van der Waals surface area contributed by atoms with Gasteiger partial charge in [-0.1, -0.05) is 128 Å². The van der Waals surface area contributed by atoms with Crippen molar-refractivity contribution in [2.24, 2.45) is 5.10 Å². The van der Waals surface area contributed by atoms with Crippen molar-refractivity contribution in [1.29, 1.82) is 0 Å². The van der Waals surface area contributed by atoms with E-state index in [1.807, 2.05) is 11.8 Å². The van der Waals surface area contributed by atoms with Crippen LogP contribution in [0.4, 0.5) is 5.69 Å². The summed E-state index contributed by atoms with van der Waals surface area (Å²) in [7, 11) is 0. The fourth-order valence-corrected chi connectivity index (χ4v) is 9.13. The minimum Gasteiger partial charge on any atom is -0.292 e. The molecule has 0 aromatic heterocycles. The van der Waals surface area contributed by atoms with Crippen molar-refractivity contribution in [2.75, 3.05) is 5.01 Å². The van der Waals surface area contributed by atoms with E-state index in [1.165, 1.54) is 38.9 Å². The zero-order valence-electron chi connectivity index (χ0n) is 22.8. The largest absolute Gasteiger partial charge is 0.292 e. The number of benzene rings is 4. The molecule has 4 aromatic rings. The van der Waals surface area contributed by atoms with Crippen LogP contribution in [0.5, 0.6) is 0 Å². The Kier molecular flexibility index (Phi) is 6.68. The van der Waals surface area contributed by atoms with Gasteiger partial charge in [0.05, 0.1) is 10.4 Å². The van der Waals surface area contributed by atoms with Gasteiger partial charge in [0.2, 0.25) is 0 Å². The molecule has 0 aliphatic carbocycles. The van der Waals surface area contributed by atoms with Crippen LogP contribution >= 0.6 is 23.5 Å². The van der Waals surface area contributed by atoms with Gasteiger partial charge in [-0.2, -0.15) is 5.10 Å². The predicted octanol–water partition coefficient (Wildman–Crippen LogP) is 8.42. The first-order valence-electron chi connectivity index (χ1n) is 13.6. The molecule has 0 unspecified atom stereocenters. The Labute approximate surface area is 239 Å². The molecule has 196 valence electrons. The van der Waals surface area contributed by atoms with Crippen LogP contribution in [0.1, 0.15) is 59.7 Å². The number of Topliss-reactive ketones (excluding diaryl/α,β-unsaturated/α-hetero) is 1. The van der Waals surface area contributed by atoms with Gasteiger partial charge in [0.25, 0.3) is 0 Å². The lowest BCUT2D eigenvalue weighted by Crippen LogP contribution is -2.34. The molecule has 2 heterocycles. The molecule has 0 amide bonds. The van der Waals surface area contributed by atoms with Crippen molar-refractivity contribution in [2.45, 2.75) is 49.5 Å². The molecule has 6 rings (SSSR count). The molecule has 0 N–H and O–H groups in total. The third-order valence-corrected chi connectivity index (χ3v) is 11.2. The molecule has 3 nitrogen and oxygen atoms in total. The maximum Gasteiger partial charge on any atom is 0.187 e. The maximum atomic E-state index is 12.8. The number of anilines is 1. The molecule has 0 saturated carbocycles. The van der Waals surface area contributed by atoms with Crippen molar-refractivity contribution < 1.29 is 4.79 Å². The van der Waals surface area contributed by atoms with Crippen LogP contribution in [0, 0.1) is 6.92 Å². The van der Waals surface area contributed by atoms with Crippen LogP contribution < -0.4 is 5.01 Å². The van der Waals surface area contributed by atoms with E-state index in [0.717, 1.165) is 18.5 Å². The summed E-state index contributed by atoms with van der Waals surface area (Å²) < 4.78 is -1.12. The van der Waals surface area contributed by atoms with E-state index in [4.69, 9.17) is 5.10 Å². The number of carbonyl (C=O) groups is 1. The Hall–Kier alpha value is -3.28. The molecule has 0 radical (unpaired) electrons. The van der Waals surface area contributed by atoms with Crippen LogP contribution in [0.15, 0.2) is 102 Å². The molecule has 0 saturated heterocycles. The average molecular weight is 549 g/mol. The third kappa shape index (κ3) is 4.14. The smallest absolute Gasteiger partial charge is 0.187 e. The van der Waals surface area contributed by atoms with Crippen molar-refractivity contribution in [3.63, 3.8) is 0 Å². The van der Waals surface area contributed by atoms with Gasteiger partial charge in [-0.15, -0.1) is 0 Å². The van der Waals surface area contributed by atoms with E-state index in [1.54, 1.807) is 18.7 Å². The lowest BCUT2D eigenvalue weighted by molar-refractivity contribution is -0.110. The predicted molar refractivity (Wildman–Crippen MR) is 167 cm³/mol. The highest BCUT2D eigenvalue weighted by molar-refractivity contribution is 8.27. The zero-order chi connectivity index (χ0) is 27.2. The first-order valence-corrected chi connectivity index (χ1v) is 15.2. The van der Waals surface area contributed by atoms with E-state index >= 15 is 0 Å². The first-order chi connectivity index (χ1) is 18.9. The monoisotopic (exact) mass is 548 g/mol. The summed E-state index contributed by atoms with van der Waals surface area (Å²) in [6.45, 7) is 8.09. The quantitative estimate of drug-likeness (QED) is 0.242. The number of hydrazone groups is 1. The fraction of sp³-hybridized carbons (Fsp3) is 0.235. The second-order valence-electron chi connectivity index (χ2n) is 10.2. The molecule has 2 aliphatic rings. The van der Waals surface area contributed by atoms with Gasteiger partial charge in [-0.05, 0) is 59.7 Å². The first kappa shape index (κ1) is 26.0. The highest BCUT2D eigenvalue weighted by Crippen LogP contribution is 2.70. The number of carbonyl (C=O) groups excluding carboxylic acids is 1. The third-order valence-electron chi connectivity index (χ3n) is 7.76. The summed E-state index contributed by atoms with van der Waals surface area (Å²) in [4.78, 5) is 12.8. The Bertz CT molecular complexity index is 1510. The minimum absolute atomic E-state index is 0.0100. The number of fused-ring (bicyclic) bond motifs is 2. The van der Waals surface area contributed by atoms with Crippen LogP contribution in [-0.4, -0.2) is 10.8 Å². The lowest BCUT2D eigenvalue weighted by atomic mass is 9.81. The molecule has 39 heavy (non-hydrogen) atoms. The fourth-order valence-electron chi connectivity index (χ4n) is 5.57. The number of rotatable bonds is 6. The summed E-state index contributed by atoms with van der Waals surface area (Å²) in [5.74, 6) is -0.0100. The van der Waals surface area contributed by atoms with E-state index in [2.05, 4.69) is 123 Å². The number of thioether (sulfide) groups is 2. The maximum absolute atomic E-state index is 12.8. The Balaban J connectivity index is 1.63. The number of nitrogens with zero attached hydrogens (tertiary/aromatic N) is 2. The molecule has 0 fully saturated rings. The van der Waals surface area contributed by atoms with Crippen molar-refractivity contribution >= 4 is 40.0 Å². The standard InChI is InChI=1S/C34H32N2OS2/c1-5-25-13-17-27(18-14-25)33(28-19-15-26(6-2)16-20-28)30-9-7-8-10-31(30)34(39-33)36(35-32(38-34)24(4)37)29-21-11-23(3)12-22-29/h7-22H,5-6H2,1-4H3/t34-/m0/s1. The number of ketones is 1. The normalized spacial score (nSPS) is 19.3. The van der Waals surface area contributed by atoms with Crippen LogP contribution in [0.2, 0.25) is 0 Å². The SMILES string of the molecule is CCc1ccc(C2(c3ccc(CC)cc3)S[C@@]3(SC(C(C)=O)=NN3c3ccc(C)cc3)c3ccccc32)cc1. The number of hydrogen-bond donors (Lipinski definition) is 0. The van der Waals surface area contributed by atoms with Crippen LogP contribution in [-0.2, 0) is 26.6 Å². The Morgan fingerprint density at radius 1 is 0.769 bits per heavy atom. The summed E-state index contributed by atoms with van der Waals surface area (Å²) in [6.07, 6.45) is 2.00. The summed E-state index contributed by atoms with van der Waals surface area (Å²) >= 11 is 3.46. The Morgan fingerprint density at radius 3 is 1.82 bits per heavy atom. The molecule has 1 atom stereocenters. The zero-order valence-corrected chi connectivity index (χ0v) is 24.4.